The van der Waals surface area contributed by atoms with Crippen LogP contribution >= 0.6 is 7.92 Å². The fraction of sp³-hybridized carbons (Fsp3) is 0.130. The molecule has 1 nitrogen and oxygen atoms in total. The molecule has 0 radical (unpaired) electrons. The lowest BCUT2D eigenvalue weighted by Crippen LogP contribution is -2.18. The first kappa shape index (κ1) is 15.1. The molecule has 1 unspecified atom stereocenters. The smallest absolute Gasteiger partial charge is 0.00191 e. The van der Waals surface area contributed by atoms with E-state index >= 15 is 0 Å². The van der Waals surface area contributed by atoms with Gasteiger partial charge in [-0.3, -0.25) is 0 Å². The van der Waals surface area contributed by atoms with Crippen LogP contribution in [0.1, 0.15) is 5.56 Å². The van der Waals surface area contributed by atoms with Crippen molar-refractivity contribution in [3.8, 4) is 11.1 Å². The van der Waals surface area contributed by atoms with Crippen molar-refractivity contribution in [2.24, 2.45) is 5.73 Å². The van der Waals surface area contributed by atoms with E-state index in [1.54, 1.807) is 0 Å². The summed E-state index contributed by atoms with van der Waals surface area (Å²) in [6.45, 7) is 0.765. The van der Waals surface area contributed by atoms with Gasteiger partial charge in [0.1, 0.15) is 0 Å². The number of rotatable bonds is 2. The van der Waals surface area contributed by atoms with Gasteiger partial charge in [-0.05, 0) is 62.4 Å². The van der Waals surface area contributed by atoms with Crippen LogP contribution in [0.4, 0.5) is 0 Å². The van der Waals surface area contributed by atoms with Gasteiger partial charge in [0, 0.05) is 0 Å². The van der Waals surface area contributed by atoms with Crippen LogP contribution in [0, 0.1) is 0 Å². The third-order valence-electron chi connectivity index (χ3n) is 5.27. The van der Waals surface area contributed by atoms with Crippen molar-refractivity contribution in [1.29, 1.82) is 0 Å². The summed E-state index contributed by atoms with van der Waals surface area (Å²) in [5.41, 5.74) is 10.3. The monoisotopic (exact) mass is 341 g/mol. The van der Waals surface area contributed by atoms with Gasteiger partial charge >= 0.3 is 0 Å². The summed E-state index contributed by atoms with van der Waals surface area (Å²) in [4.78, 5) is 0. The van der Waals surface area contributed by atoms with Crippen molar-refractivity contribution in [2.75, 3.05) is 12.7 Å². The van der Waals surface area contributed by atoms with E-state index in [1.165, 1.54) is 43.5 Å². The molecular formula is C23H20NP. The minimum absolute atomic E-state index is 0.228. The van der Waals surface area contributed by atoms with E-state index in [0.29, 0.717) is 0 Å². The van der Waals surface area contributed by atoms with E-state index in [1.807, 2.05) is 0 Å². The molecule has 0 amide bonds. The first-order valence-electron chi connectivity index (χ1n) is 8.84. The lowest BCUT2D eigenvalue weighted by atomic mass is 9.90. The molecule has 122 valence electrons. The average molecular weight is 341 g/mol. The van der Waals surface area contributed by atoms with Crippen molar-refractivity contribution >= 4 is 34.8 Å². The van der Waals surface area contributed by atoms with Crippen LogP contribution in [-0.4, -0.2) is 12.7 Å². The zero-order chi connectivity index (χ0) is 16.8. The van der Waals surface area contributed by atoms with Crippen LogP contribution in [0.2, 0.25) is 0 Å². The Morgan fingerprint density at radius 2 is 1.36 bits per heavy atom. The van der Waals surface area contributed by atoms with Gasteiger partial charge < -0.3 is 5.73 Å². The van der Waals surface area contributed by atoms with Gasteiger partial charge in [0.05, 0.1) is 0 Å². The molecule has 0 saturated carbocycles. The van der Waals surface area contributed by atoms with Gasteiger partial charge in [-0.15, -0.1) is 0 Å². The number of fused-ring (bicyclic) bond motifs is 7. The second-order valence-corrected chi connectivity index (χ2v) is 9.04. The van der Waals surface area contributed by atoms with Crippen LogP contribution in [0.15, 0.2) is 72.8 Å². The lowest BCUT2D eigenvalue weighted by molar-refractivity contribution is 1.13. The number of hydrogen-bond donors (Lipinski definition) is 1. The number of hydrogen-bond acceptors (Lipinski definition) is 1. The van der Waals surface area contributed by atoms with Gasteiger partial charge in [0.25, 0.3) is 0 Å². The summed E-state index contributed by atoms with van der Waals surface area (Å²) < 4.78 is 0. The van der Waals surface area contributed by atoms with Crippen molar-refractivity contribution in [3.05, 3.63) is 78.4 Å². The van der Waals surface area contributed by atoms with Crippen LogP contribution < -0.4 is 11.0 Å². The Balaban J connectivity index is 1.93. The van der Waals surface area contributed by atoms with Gasteiger partial charge in [0.2, 0.25) is 0 Å². The maximum absolute atomic E-state index is 5.96. The Kier molecular flexibility index (Phi) is 3.59. The molecule has 4 aromatic rings. The van der Waals surface area contributed by atoms with E-state index in [4.69, 9.17) is 5.73 Å². The number of nitrogens with two attached hydrogens (primary N) is 1. The van der Waals surface area contributed by atoms with Crippen LogP contribution in [0.5, 0.6) is 0 Å². The van der Waals surface area contributed by atoms with Crippen molar-refractivity contribution in [1.82, 2.24) is 0 Å². The highest BCUT2D eigenvalue weighted by Gasteiger charge is 2.26. The zero-order valence-corrected chi connectivity index (χ0v) is 15.0. The van der Waals surface area contributed by atoms with E-state index in [0.717, 1.165) is 18.9 Å². The normalized spacial score (nSPS) is 16.0. The molecule has 25 heavy (non-hydrogen) atoms. The van der Waals surface area contributed by atoms with E-state index < -0.39 is 0 Å². The second kappa shape index (κ2) is 5.95. The highest BCUT2D eigenvalue weighted by Crippen LogP contribution is 2.51. The molecule has 1 heterocycles. The van der Waals surface area contributed by atoms with E-state index in [2.05, 4.69) is 72.8 Å². The Morgan fingerprint density at radius 3 is 2.08 bits per heavy atom. The van der Waals surface area contributed by atoms with E-state index in [-0.39, 0.29) is 7.92 Å². The standard InChI is InChI=1S/C23H20NP/c24-13-14-25-15-18-10-9-16-5-1-3-7-19(16)22(18)23-20-8-4-2-6-17(20)11-12-21(23)25/h1-12H,13-15,24H2. The summed E-state index contributed by atoms with van der Waals surface area (Å²) in [7, 11) is -0.228. The fourth-order valence-electron chi connectivity index (χ4n) is 4.18. The molecule has 2 heteroatoms. The Hall–Kier alpha value is -2.21. The van der Waals surface area contributed by atoms with E-state index in [9.17, 15) is 0 Å². The molecule has 5 rings (SSSR count). The first-order valence-corrected chi connectivity index (χ1v) is 10.6. The summed E-state index contributed by atoms with van der Waals surface area (Å²) >= 11 is 0. The van der Waals surface area contributed by atoms with Gasteiger partial charge in [-0.2, -0.15) is 0 Å². The Bertz CT molecular complexity index is 1100. The molecule has 1 aliphatic rings. The van der Waals surface area contributed by atoms with Crippen molar-refractivity contribution < 1.29 is 0 Å². The molecule has 0 aromatic heterocycles. The largest absolute Gasteiger partial charge is 0.330 e. The maximum Gasteiger partial charge on any atom is -0.00191 e. The minimum Gasteiger partial charge on any atom is -0.330 e. The molecule has 0 spiro atoms. The molecule has 0 saturated heterocycles. The van der Waals surface area contributed by atoms with Gasteiger partial charge in [-0.1, -0.05) is 80.7 Å². The number of benzene rings is 4. The highest BCUT2D eigenvalue weighted by atomic mass is 31.1. The molecule has 1 atom stereocenters. The van der Waals surface area contributed by atoms with Gasteiger partial charge in [0.15, 0.2) is 0 Å². The summed E-state index contributed by atoms with van der Waals surface area (Å²) in [5.74, 6) is 0. The lowest BCUT2D eigenvalue weighted by Gasteiger charge is -2.30. The molecule has 2 N–H and O–H groups in total. The first-order chi connectivity index (χ1) is 12.4. The predicted molar refractivity (Wildman–Crippen MR) is 111 cm³/mol. The Morgan fingerprint density at radius 1 is 0.720 bits per heavy atom. The van der Waals surface area contributed by atoms with Gasteiger partial charge in [-0.25, -0.2) is 0 Å². The molecule has 1 aliphatic heterocycles. The zero-order valence-electron chi connectivity index (χ0n) is 14.1. The average Bonchev–Trinajstić information content (AvgIpc) is 2.67. The molecule has 0 fully saturated rings. The maximum atomic E-state index is 5.96. The van der Waals surface area contributed by atoms with Crippen LogP contribution in [0.25, 0.3) is 32.7 Å². The molecule has 4 aromatic carbocycles. The summed E-state index contributed by atoms with van der Waals surface area (Å²) in [6, 6.07) is 26.8. The quantitative estimate of drug-likeness (QED) is 0.496. The third-order valence-corrected chi connectivity index (χ3v) is 7.85. The van der Waals surface area contributed by atoms with Crippen molar-refractivity contribution in [3.63, 3.8) is 0 Å². The molecule has 0 bridgehead atoms. The topological polar surface area (TPSA) is 26.0 Å². The minimum atomic E-state index is -0.228. The van der Waals surface area contributed by atoms with Crippen LogP contribution in [-0.2, 0) is 6.16 Å². The third kappa shape index (κ3) is 2.31. The fourth-order valence-corrected chi connectivity index (χ4v) is 6.57. The molecular weight excluding hydrogens is 321 g/mol. The summed E-state index contributed by atoms with van der Waals surface area (Å²) in [5, 5.41) is 6.93. The van der Waals surface area contributed by atoms with Crippen LogP contribution in [0.3, 0.4) is 0 Å². The predicted octanol–water partition coefficient (Wildman–Crippen LogP) is 5.24. The second-order valence-electron chi connectivity index (χ2n) is 6.71. The molecule has 0 aliphatic carbocycles. The Labute approximate surface area is 149 Å². The van der Waals surface area contributed by atoms with Crippen molar-refractivity contribution in [2.45, 2.75) is 6.16 Å². The summed E-state index contributed by atoms with van der Waals surface area (Å²) in [6.07, 6.45) is 2.25. The SMILES string of the molecule is NCCP1Cc2ccc3ccccc3c2-c2c1ccc1ccccc21. The highest BCUT2D eigenvalue weighted by molar-refractivity contribution is 7.65.